The largest absolute Gasteiger partial charge is 0.398 e. The van der Waals surface area contributed by atoms with E-state index in [1.165, 1.54) is 0 Å². The average molecular weight is 327 g/mol. The first-order valence-electron chi connectivity index (χ1n) is 6.56. The third-order valence-corrected chi connectivity index (χ3v) is 4.11. The summed E-state index contributed by atoms with van der Waals surface area (Å²) in [7, 11) is 0. The van der Waals surface area contributed by atoms with Crippen molar-refractivity contribution in [3.05, 3.63) is 28.2 Å². The Morgan fingerprint density at radius 1 is 1.37 bits per heavy atom. The van der Waals surface area contributed by atoms with E-state index in [1.807, 2.05) is 0 Å². The number of rotatable bonds is 3. The molecule has 4 nitrogen and oxygen atoms in total. The van der Waals surface area contributed by atoms with Gasteiger partial charge in [-0.2, -0.15) is 0 Å². The van der Waals surface area contributed by atoms with Gasteiger partial charge in [0.1, 0.15) is 0 Å². The lowest BCUT2D eigenvalue weighted by molar-refractivity contribution is 0.00526. The van der Waals surface area contributed by atoms with Crippen LogP contribution in [0.5, 0.6) is 0 Å². The van der Waals surface area contributed by atoms with Gasteiger partial charge >= 0.3 is 0 Å². The molecule has 1 aromatic carbocycles. The average Bonchev–Trinajstić information content (AvgIpc) is 2.37. The van der Waals surface area contributed by atoms with Crippen LogP contribution in [0.3, 0.4) is 0 Å². The summed E-state index contributed by atoms with van der Waals surface area (Å²) in [5, 5.41) is 13.1. The van der Waals surface area contributed by atoms with Gasteiger partial charge < -0.3 is 16.2 Å². The van der Waals surface area contributed by atoms with Crippen molar-refractivity contribution in [2.24, 2.45) is 0 Å². The maximum absolute atomic E-state index is 12.0. The molecule has 104 valence electrons. The Balaban J connectivity index is 1.97. The second-order valence-corrected chi connectivity index (χ2v) is 6.11. The number of halogens is 1. The zero-order valence-corrected chi connectivity index (χ0v) is 12.4. The molecule has 4 N–H and O–H groups in total. The van der Waals surface area contributed by atoms with Gasteiger partial charge in [-0.15, -0.1) is 0 Å². The Kier molecular flexibility index (Phi) is 4.47. The molecule has 19 heavy (non-hydrogen) atoms. The summed E-state index contributed by atoms with van der Waals surface area (Å²) in [6, 6.07) is 5.16. The lowest BCUT2D eigenvalue weighted by Crippen LogP contribution is -2.44. The fourth-order valence-corrected chi connectivity index (χ4v) is 2.85. The number of nitrogens with two attached hydrogens (primary N) is 1. The van der Waals surface area contributed by atoms with Gasteiger partial charge in [-0.1, -0.05) is 35.2 Å². The number of amides is 1. The third-order valence-electron chi connectivity index (χ3n) is 3.62. The highest BCUT2D eigenvalue weighted by molar-refractivity contribution is 9.10. The highest BCUT2D eigenvalue weighted by Gasteiger charge is 2.29. The van der Waals surface area contributed by atoms with E-state index in [1.54, 1.807) is 18.2 Å². The summed E-state index contributed by atoms with van der Waals surface area (Å²) >= 11 is 3.30. The number of anilines is 1. The van der Waals surface area contributed by atoms with E-state index in [0.29, 0.717) is 17.8 Å². The zero-order chi connectivity index (χ0) is 13.9. The second kappa shape index (κ2) is 5.92. The summed E-state index contributed by atoms with van der Waals surface area (Å²) in [6.07, 6.45) is 4.71. The van der Waals surface area contributed by atoms with Crippen LogP contribution in [0.1, 0.15) is 42.5 Å². The number of hydrogen-bond acceptors (Lipinski definition) is 3. The number of benzene rings is 1. The van der Waals surface area contributed by atoms with Gasteiger partial charge in [0.15, 0.2) is 0 Å². The van der Waals surface area contributed by atoms with Gasteiger partial charge in [-0.3, -0.25) is 4.79 Å². The van der Waals surface area contributed by atoms with Gasteiger partial charge in [0, 0.05) is 16.7 Å². The van der Waals surface area contributed by atoms with E-state index in [-0.39, 0.29) is 5.91 Å². The highest BCUT2D eigenvalue weighted by atomic mass is 79.9. The van der Waals surface area contributed by atoms with Crippen LogP contribution in [0.15, 0.2) is 22.7 Å². The summed E-state index contributed by atoms with van der Waals surface area (Å²) in [4.78, 5) is 12.0. The summed E-state index contributed by atoms with van der Waals surface area (Å²) in [6.45, 7) is 0.293. The standard InChI is InChI=1S/C14H19BrN2O2/c15-10-4-5-11(12(16)8-10)13(18)17-9-14(19)6-2-1-3-7-14/h4-5,8,19H,1-3,6-7,9,16H2,(H,17,18). The molecule has 1 aliphatic carbocycles. The molecule has 1 aliphatic rings. The SMILES string of the molecule is Nc1cc(Br)ccc1C(=O)NCC1(O)CCCCC1. The van der Waals surface area contributed by atoms with Crippen molar-refractivity contribution >= 4 is 27.5 Å². The van der Waals surface area contributed by atoms with Crippen molar-refractivity contribution in [3.63, 3.8) is 0 Å². The van der Waals surface area contributed by atoms with Crippen LogP contribution in [-0.2, 0) is 0 Å². The van der Waals surface area contributed by atoms with Crippen LogP contribution >= 0.6 is 15.9 Å². The van der Waals surface area contributed by atoms with Crippen LogP contribution < -0.4 is 11.1 Å². The van der Waals surface area contributed by atoms with Crippen molar-refractivity contribution in [1.29, 1.82) is 0 Å². The normalized spacial score (nSPS) is 18.0. The molecule has 0 aromatic heterocycles. The molecular formula is C14H19BrN2O2. The van der Waals surface area contributed by atoms with E-state index >= 15 is 0 Å². The minimum Gasteiger partial charge on any atom is -0.398 e. The van der Waals surface area contributed by atoms with Crippen LogP contribution in [0.2, 0.25) is 0 Å². The summed E-state index contributed by atoms with van der Waals surface area (Å²) in [5.41, 5.74) is 5.94. The van der Waals surface area contributed by atoms with Gasteiger partial charge in [-0.25, -0.2) is 0 Å². The summed E-state index contributed by atoms with van der Waals surface area (Å²) in [5.74, 6) is -0.232. The van der Waals surface area contributed by atoms with Crippen LogP contribution in [0.25, 0.3) is 0 Å². The Morgan fingerprint density at radius 3 is 2.68 bits per heavy atom. The third kappa shape index (κ3) is 3.70. The quantitative estimate of drug-likeness (QED) is 0.747. The molecule has 0 atom stereocenters. The number of carbonyl (C=O) groups excluding carboxylic acids is 1. The molecule has 0 spiro atoms. The van der Waals surface area contributed by atoms with Crippen molar-refractivity contribution in [3.8, 4) is 0 Å². The van der Waals surface area contributed by atoms with E-state index in [2.05, 4.69) is 21.2 Å². The predicted octanol–water partition coefficient (Wildman–Crippen LogP) is 2.46. The number of hydrogen-bond donors (Lipinski definition) is 3. The first-order valence-corrected chi connectivity index (χ1v) is 7.35. The first-order chi connectivity index (χ1) is 9.00. The van der Waals surface area contributed by atoms with Gasteiger partial charge in [0.05, 0.1) is 11.2 Å². The lowest BCUT2D eigenvalue weighted by atomic mass is 9.85. The fraction of sp³-hybridized carbons (Fsp3) is 0.500. The number of carbonyl (C=O) groups is 1. The minimum atomic E-state index is -0.752. The second-order valence-electron chi connectivity index (χ2n) is 5.20. The Morgan fingerprint density at radius 2 is 2.05 bits per heavy atom. The van der Waals surface area contributed by atoms with E-state index < -0.39 is 5.60 Å². The Bertz CT molecular complexity index is 471. The van der Waals surface area contributed by atoms with Gasteiger partial charge in [0.25, 0.3) is 5.91 Å². The van der Waals surface area contributed by atoms with Crippen LogP contribution in [-0.4, -0.2) is 23.2 Å². The molecule has 1 aromatic rings. The number of nitrogen functional groups attached to an aromatic ring is 1. The van der Waals surface area contributed by atoms with Crippen LogP contribution in [0, 0.1) is 0 Å². The van der Waals surface area contributed by atoms with Crippen molar-refractivity contribution in [2.75, 3.05) is 12.3 Å². The van der Waals surface area contributed by atoms with Crippen LogP contribution in [0.4, 0.5) is 5.69 Å². The van der Waals surface area contributed by atoms with Crippen molar-refractivity contribution in [2.45, 2.75) is 37.7 Å². The van der Waals surface area contributed by atoms with E-state index in [4.69, 9.17) is 5.73 Å². The first kappa shape index (κ1) is 14.3. The predicted molar refractivity (Wildman–Crippen MR) is 78.9 cm³/mol. The molecule has 1 fully saturated rings. The molecule has 5 heteroatoms. The molecule has 1 amide bonds. The smallest absolute Gasteiger partial charge is 0.253 e. The van der Waals surface area contributed by atoms with Gasteiger partial charge in [-0.05, 0) is 31.0 Å². The summed E-state index contributed by atoms with van der Waals surface area (Å²) < 4.78 is 0.840. The Hall–Kier alpha value is -1.07. The lowest BCUT2D eigenvalue weighted by Gasteiger charge is -2.32. The minimum absolute atomic E-state index is 0.232. The maximum atomic E-state index is 12.0. The topological polar surface area (TPSA) is 75.4 Å². The molecular weight excluding hydrogens is 308 g/mol. The molecule has 0 bridgehead atoms. The molecule has 0 radical (unpaired) electrons. The molecule has 0 saturated heterocycles. The maximum Gasteiger partial charge on any atom is 0.253 e. The monoisotopic (exact) mass is 326 g/mol. The van der Waals surface area contributed by atoms with E-state index in [9.17, 15) is 9.90 Å². The zero-order valence-electron chi connectivity index (χ0n) is 10.8. The number of aliphatic hydroxyl groups is 1. The molecule has 2 rings (SSSR count). The fourth-order valence-electron chi connectivity index (χ4n) is 2.47. The number of nitrogens with one attached hydrogen (secondary N) is 1. The van der Waals surface area contributed by atoms with Crippen molar-refractivity contribution in [1.82, 2.24) is 5.32 Å². The molecule has 0 aliphatic heterocycles. The van der Waals surface area contributed by atoms with E-state index in [0.717, 1.165) is 36.6 Å². The highest BCUT2D eigenvalue weighted by Crippen LogP contribution is 2.27. The van der Waals surface area contributed by atoms with Crippen molar-refractivity contribution < 1.29 is 9.90 Å². The van der Waals surface area contributed by atoms with Gasteiger partial charge in [0.2, 0.25) is 0 Å². The molecule has 1 saturated carbocycles. The Labute approximate surface area is 121 Å². The molecule has 0 unspecified atom stereocenters. The molecule has 0 heterocycles.